The minimum Gasteiger partial charge on any atom is -0.356 e. The van der Waals surface area contributed by atoms with Crippen LogP contribution in [0.4, 0.5) is 35.4 Å². The molecule has 11 heteroatoms. The third-order valence-electron chi connectivity index (χ3n) is 8.09. The zero-order valence-electron chi connectivity index (χ0n) is 22.3. The van der Waals surface area contributed by atoms with E-state index in [4.69, 9.17) is 4.98 Å². The van der Waals surface area contributed by atoms with Crippen molar-refractivity contribution in [2.24, 2.45) is 0 Å². The summed E-state index contributed by atoms with van der Waals surface area (Å²) in [5, 5.41) is 6.31. The molecule has 2 amide bonds. The summed E-state index contributed by atoms with van der Waals surface area (Å²) in [6.45, 7) is 5.29. The van der Waals surface area contributed by atoms with Gasteiger partial charge in [0.2, 0.25) is 5.95 Å². The van der Waals surface area contributed by atoms with E-state index < -0.39 is 11.7 Å². The van der Waals surface area contributed by atoms with Gasteiger partial charge in [0.25, 0.3) is 0 Å². The fourth-order valence-corrected chi connectivity index (χ4v) is 5.91. The van der Waals surface area contributed by atoms with Gasteiger partial charge in [-0.1, -0.05) is 12.8 Å². The van der Waals surface area contributed by atoms with Gasteiger partial charge in [0.15, 0.2) is 0 Å². The second-order valence-corrected chi connectivity index (χ2v) is 10.8. The average Bonchev–Trinajstić information content (AvgIpc) is 3.23. The van der Waals surface area contributed by atoms with Gasteiger partial charge in [0.05, 0.1) is 5.56 Å². The van der Waals surface area contributed by atoms with Crippen molar-refractivity contribution < 1.29 is 18.0 Å². The Labute approximate surface area is 228 Å². The molecule has 2 aromatic rings. The summed E-state index contributed by atoms with van der Waals surface area (Å²) < 4.78 is 38.4. The monoisotopic (exact) mass is 545 g/mol. The quantitative estimate of drug-likeness (QED) is 0.521. The first kappa shape index (κ1) is 27.5. The van der Waals surface area contributed by atoms with E-state index in [0.29, 0.717) is 30.8 Å². The lowest BCUT2D eigenvalue weighted by Gasteiger charge is -2.42. The van der Waals surface area contributed by atoms with E-state index in [1.807, 2.05) is 12.3 Å². The number of nitrogens with zero attached hydrogens (tertiary/aromatic N) is 5. The number of halogens is 3. The minimum atomic E-state index is -4.39. The smallest absolute Gasteiger partial charge is 0.356 e. The highest BCUT2D eigenvalue weighted by Gasteiger charge is 2.32. The minimum absolute atomic E-state index is 0.271. The summed E-state index contributed by atoms with van der Waals surface area (Å²) in [5.74, 6) is 1.70. The van der Waals surface area contributed by atoms with E-state index in [1.165, 1.54) is 37.8 Å². The molecule has 212 valence electrons. The Balaban J connectivity index is 1.09. The molecule has 3 saturated heterocycles. The van der Waals surface area contributed by atoms with Gasteiger partial charge in [-0.2, -0.15) is 18.2 Å². The molecule has 39 heavy (non-hydrogen) atoms. The highest BCUT2D eigenvalue weighted by atomic mass is 19.4. The van der Waals surface area contributed by atoms with Gasteiger partial charge in [0, 0.05) is 56.7 Å². The highest BCUT2D eigenvalue weighted by molar-refractivity contribution is 5.89. The van der Waals surface area contributed by atoms with Crippen molar-refractivity contribution in [3.63, 3.8) is 0 Å². The number of anilines is 3. The molecule has 1 aromatic heterocycles. The molecule has 3 aliphatic rings. The van der Waals surface area contributed by atoms with Crippen molar-refractivity contribution in [2.75, 3.05) is 54.8 Å². The van der Waals surface area contributed by atoms with Gasteiger partial charge in [-0.25, -0.2) is 9.78 Å². The zero-order valence-corrected chi connectivity index (χ0v) is 22.3. The van der Waals surface area contributed by atoms with E-state index in [1.54, 1.807) is 4.90 Å². The van der Waals surface area contributed by atoms with Crippen LogP contribution in [0.5, 0.6) is 0 Å². The number of urea groups is 1. The zero-order chi connectivity index (χ0) is 27.2. The van der Waals surface area contributed by atoms with Crippen molar-refractivity contribution in [1.29, 1.82) is 0 Å². The van der Waals surface area contributed by atoms with Crippen LogP contribution in [-0.4, -0.2) is 77.2 Å². The van der Waals surface area contributed by atoms with E-state index in [9.17, 15) is 18.0 Å². The summed E-state index contributed by atoms with van der Waals surface area (Å²) in [7, 11) is 0. The van der Waals surface area contributed by atoms with E-state index >= 15 is 0 Å². The maximum absolute atomic E-state index is 12.8. The van der Waals surface area contributed by atoms with Crippen LogP contribution in [0.15, 0.2) is 36.5 Å². The van der Waals surface area contributed by atoms with Crippen LogP contribution < -0.4 is 15.5 Å². The van der Waals surface area contributed by atoms with E-state index in [2.05, 4.69) is 25.4 Å². The fourth-order valence-electron chi connectivity index (χ4n) is 5.91. The Bertz CT molecular complexity index is 1080. The second kappa shape index (κ2) is 12.4. The molecule has 0 aliphatic carbocycles. The van der Waals surface area contributed by atoms with Crippen LogP contribution in [0, 0.1) is 0 Å². The Hall–Kier alpha value is -3.08. The normalized spacial score (nSPS) is 21.9. The Morgan fingerprint density at radius 2 is 1.59 bits per heavy atom. The Morgan fingerprint density at radius 1 is 0.872 bits per heavy atom. The van der Waals surface area contributed by atoms with E-state index in [0.717, 1.165) is 69.8 Å². The van der Waals surface area contributed by atoms with Crippen molar-refractivity contribution in [2.45, 2.75) is 69.6 Å². The third-order valence-corrected chi connectivity index (χ3v) is 8.09. The van der Waals surface area contributed by atoms with Crippen LogP contribution in [0.2, 0.25) is 0 Å². The van der Waals surface area contributed by atoms with Crippen molar-refractivity contribution in [3.8, 4) is 0 Å². The number of nitrogens with one attached hydrogen (secondary N) is 2. The molecule has 1 atom stereocenters. The lowest BCUT2D eigenvalue weighted by molar-refractivity contribution is -0.137. The number of benzene rings is 1. The topological polar surface area (TPSA) is 76.6 Å². The number of amides is 2. The molecule has 3 fully saturated rings. The van der Waals surface area contributed by atoms with Crippen LogP contribution >= 0.6 is 0 Å². The molecule has 8 nitrogen and oxygen atoms in total. The summed E-state index contributed by atoms with van der Waals surface area (Å²) in [5.41, 5.74) is -0.366. The van der Waals surface area contributed by atoms with E-state index in [-0.39, 0.29) is 12.1 Å². The lowest BCUT2D eigenvalue weighted by atomic mass is 9.98. The molecule has 1 aromatic carbocycles. The number of rotatable bonds is 5. The molecular formula is C28H38F3N7O. The number of carbonyl (C=O) groups excluding carboxylic acids is 1. The summed E-state index contributed by atoms with van der Waals surface area (Å²) in [6, 6.07) is 6.97. The molecule has 0 bridgehead atoms. The largest absolute Gasteiger partial charge is 0.416 e. The molecule has 1 unspecified atom stereocenters. The maximum Gasteiger partial charge on any atom is 0.416 e. The number of likely N-dealkylation sites (tertiary alicyclic amines) is 2. The summed E-state index contributed by atoms with van der Waals surface area (Å²) in [6.07, 6.45) is 6.35. The number of hydrogen-bond donors (Lipinski definition) is 2. The number of carbonyl (C=O) groups is 1. The highest BCUT2D eigenvalue weighted by Crippen LogP contribution is 2.30. The Kier molecular flexibility index (Phi) is 8.74. The van der Waals surface area contributed by atoms with Crippen LogP contribution in [-0.2, 0) is 6.18 Å². The Morgan fingerprint density at radius 3 is 2.28 bits per heavy atom. The standard InChI is InChI=1S/C28H38F3N7O/c29-28(30,31)21-7-9-22(10-8-21)34-27(39)37-18-12-24(13-19-37)38-17-5-6-23(20-38)33-26-32-14-11-25(35-26)36-15-3-1-2-4-16-36/h7-11,14,23-24H,1-6,12-13,15-20H2,(H,34,39)(H,32,33,35). The first-order chi connectivity index (χ1) is 18.8. The van der Waals surface area contributed by atoms with Crippen LogP contribution in [0.25, 0.3) is 0 Å². The van der Waals surface area contributed by atoms with Crippen molar-refractivity contribution in [1.82, 2.24) is 19.8 Å². The first-order valence-corrected chi connectivity index (χ1v) is 14.2. The number of alkyl halides is 3. The average molecular weight is 546 g/mol. The fraction of sp³-hybridized carbons (Fsp3) is 0.607. The number of aromatic nitrogens is 2. The van der Waals surface area contributed by atoms with Crippen molar-refractivity contribution >= 4 is 23.5 Å². The van der Waals surface area contributed by atoms with Gasteiger partial charge in [-0.15, -0.1) is 0 Å². The van der Waals surface area contributed by atoms with Crippen LogP contribution in [0.1, 0.15) is 56.9 Å². The number of piperidine rings is 2. The molecule has 3 aliphatic heterocycles. The van der Waals surface area contributed by atoms with Gasteiger partial charge in [0.1, 0.15) is 5.82 Å². The van der Waals surface area contributed by atoms with Crippen molar-refractivity contribution in [3.05, 3.63) is 42.1 Å². The summed E-state index contributed by atoms with van der Waals surface area (Å²) in [4.78, 5) is 28.7. The number of hydrogen-bond acceptors (Lipinski definition) is 6. The third kappa shape index (κ3) is 7.32. The molecule has 5 rings (SSSR count). The van der Waals surface area contributed by atoms with Gasteiger partial charge in [-0.05, 0) is 75.4 Å². The summed E-state index contributed by atoms with van der Waals surface area (Å²) >= 11 is 0. The van der Waals surface area contributed by atoms with Gasteiger partial charge < -0.3 is 20.4 Å². The SMILES string of the molecule is O=C(Nc1ccc(C(F)(F)F)cc1)N1CCC(N2CCCC(Nc3nccc(N4CCCCCC4)n3)C2)CC1. The maximum atomic E-state index is 12.8. The van der Waals surface area contributed by atoms with Gasteiger partial charge >= 0.3 is 12.2 Å². The van der Waals surface area contributed by atoms with Gasteiger partial charge in [-0.3, -0.25) is 4.90 Å². The molecule has 0 spiro atoms. The molecule has 4 heterocycles. The second-order valence-electron chi connectivity index (χ2n) is 10.8. The first-order valence-electron chi connectivity index (χ1n) is 14.2. The predicted molar refractivity (Wildman–Crippen MR) is 146 cm³/mol. The lowest BCUT2D eigenvalue weighted by Crippen LogP contribution is -2.52. The molecule has 2 N–H and O–H groups in total. The molecular weight excluding hydrogens is 507 g/mol. The molecule has 0 saturated carbocycles. The van der Waals surface area contributed by atoms with Crippen LogP contribution in [0.3, 0.4) is 0 Å². The predicted octanol–water partition coefficient (Wildman–Crippen LogP) is 5.45. The molecule has 0 radical (unpaired) electrons.